The average Bonchev–Trinajstić information content (AvgIpc) is 2.72. The van der Waals surface area contributed by atoms with Gasteiger partial charge in [-0.15, -0.1) is 0 Å². The molecular formula is C24H39NO2. The van der Waals surface area contributed by atoms with Crippen LogP contribution in [0.2, 0.25) is 0 Å². The summed E-state index contributed by atoms with van der Waals surface area (Å²) in [4.78, 5) is 12.1. The monoisotopic (exact) mass is 373 g/mol. The molecule has 1 unspecified atom stereocenters. The Morgan fingerprint density at radius 1 is 1.04 bits per heavy atom. The maximum Gasteiger partial charge on any atom is 0.308 e. The first-order valence-corrected chi connectivity index (χ1v) is 11.6. The smallest absolute Gasteiger partial charge is 0.308 e. The molecule has 4 rings (SSSR count). The van der Waals surface area contributed by atoms with Crippen molar-refractivity contribution in [3.05, 3.63) is 0 Å². The zero-order valence-electron chi connectivity index (χ0n) is 17.6. The van der Waals surface area contributed by atoms with Crippen LogP contribution in [0.4, 0.5) is 0 Å². The van der Waals surface area contributed by atoms with E-state index < -0.39 is 0 Å². The number of esters is 1. The number of carbonyl (C=O) groups is 1. The van der Waals surface area contributed by atoms with Gasteiger partial charge in [0.05, 0.1) is 24.5 Å². The van der Waals surface area contributed by atoms with Crippen LogP contribution in [-0.2, 0) is 9.53 Å². The first kappa shape index (κ1) is 20.7. The summed E-state index contributed by atoms with van der Waals surface area (Å²) in [5.41, 5.74) is 0.925. The zero-order chi connectivity index (χ0) is 19.3. The number of hydrogen-bond donors (Lipinski definition) is 0. The molecule has 4 fully saturated rings. The van der Waals surface area contributed by atoms with E-state index in [4.69, 9.17) is 4.74 Å². The van der Waals surface area contributed by atoms with Gasteiger partial charge in [-0.1, -0.05) is 20.3 Å². The average molecular weight is 374 g/mol. The summed E-state index contributed by atoms with van der Waals surface area (Å²) in [6, 6.07) is 2.75. The van der Waals surface area contributed by atoms with Crippen LogP contribution in [0.3, 0.4) is 0 Å². The van der Waals surface area contributed by atoms with E-state index in [9.17, 15) is 10.1 Å². The van der Waals surface area contributed by atoms with Crippen molar-refractivity contribution in [3.8, 4) is 6.07 Å². The molecule has 27 heavy (non-hydrogen) atoms. The quantitative estimate of drug-likeness (QED) is 0.461. The van der Waals surface area contributed by atoms with Crippen LogP contribution >= 0.6 is 0 Å². The van der Waals surface area contributed by atoms with Crippen molar-refractivity contribution in [1.82, 2.24) is 0 Å². The number of carbonyl (C=O) groups excluding carboxylic acids is 1. The molecule has 0 saturated heterocycles. The Labute approximate surface area is 166 Å². The predicted molar refractivity (Wildman–Crippen MR) is 108 cm³/mol. The fourth-order valence-corrected chi connectivity index (χ4v) is 6.45. The summed E-state index contributed by atoms with van der Waals surface area (Å²) >= 11 is 0. The van der Waals surface area contributed by atoms with Gasteiger partial charge in [0, 0.05) is 0 Å². The number of ether oxygens (including phenoxy) is 1. The van der Waals surface area contributed by atoms with Gasteiger partial charge < -0.3 is 4.74 Å². The van der Waals surface area contributed by atoms with Crippen molar-refractivity contribution in [2.45, 2.75) is 104 Å². The summed E-state index contributed by atoms with van der Waals surface area (Å²) in [5, 5.41) is 10.0. The second kappa shape index (κ2) is 8.97. The van der Waals surface area contributed by atoms with Crippen LogP contribution in [0.1, 0.15) is 104 Å². The van der Waals surface area contributed by atoms with Crippen LogP contribution in [-0.4, -0.2) is 12.6 Å². The Kier molecular flexibility index (Phi) is 6.88. The molecule has 0 amide bonds. The Hall–Kier alpha value is -1.04. The second-order valence-corrected chi connectivity index (χ2v) is 9.91. The van der Waals surface area contributed by atoms with Gasteiger partial charge >= 0.3 is 5.97 Å². The standard InChI is InChI=1S/C24H39NO2/c1-3-9-23-10-13-24(14-11-23,15-12-23)21(18-25)17-19-5-7-20(8-6-19)22(26)27-16-4-2/h19-21H,3-17H2,1-2H3. The second-order valence-electron chi connectivity index (χ2n) is 9.91. The predicted octanol–water partition coefficient (Wildman–Crippen LogP) is 6.42. The van der Waals surface area contributed by atoms with Crippen molar-refractivity contribution < 1.29 is 9.53 Å². The highest BCUT2D eigenvalue weighted by molar-refractivity contribution is 5.72. The summed E-state index contributed by atoms with van der Waals surface area (Å²) in [5.74, 6) is 0.970. The molecule has 0 radical (unpaired) electrons. The lowest BCUT2D eigenvalue weighted by Gasteiger charge is -2.56. The van der Waals surface area contributed by atoms with Crippen molar-refractivity contribution in [3.63, 3.8) is 0 Å². The Morgan fingerprint density at radius 3 is 2.19 bits per heavy atom. The SMILES string of the molecule is CCCOC(=O)C1CCC(CC(C#N)C23CCC(CCC)(CC2)CC3)CC1. The van der Waals surface area contributed by atoms with Crippen molar-refractivity contribution in [2.75, 3.05) is 6.61 Å². The first-order valence-electron chi connectivity index (χ1n) is 11.6. The van der Waals surface area contributed by atoms with Crippen LogP contribution in [0.15, 0.2) is 0 Å². The first-order chi connectivity index (χ1) is 13.1. The van der Waals surface area contributed by atoms with Gasteiger partial charge in [0.1, 0.15) is 0 Å². The van der Waals surface area contributed by atoms with Gasteiger partial charge in [-0.25, -0.2) is 0 Å². The number of hydrogen-bond acceptors (Lipinski definition) is 3. The molecule has 2 bridgehead atoms. The van der Waals surface area contributed by atoms with E-state index in [0.717, 1.165) is 38.5 Å². The van der Waals surface area contributed by atoms with E-state index in [-0.39, 0.29) is 17.8 Å². The lowest BCUT2D eigenvalue weighted by Crippen LogP contribution is -2.45. The molecule has 0 aromatic rings. The molecule has 3 heteroatoms. The normalized spacial score (nSPS) is 36.8. The van der Waals surface area contributed by atoms with Crippen molar-refractivity contribution in [1.29, 1.82) is 5.26 Å². The van der Waals surface area contributed by atoms with E-state index in [2.05, 4.69) is 13.0 Å². The molecule has 0 aromatic heterocycles. The van der Waals surface area contributed by atoms with Crippen LogP contribution in [0.25, 0.3) is 0 Å². The fourth-order valence-electron chi connectivity index (χ4n) is 6.45. The highest BCUT2D eigenvalue weighted by atomic mass is 16.5. The molecule has 0 spiro atoms. The third kappa shape index (κ3) is 4.52. The topological polar surface area (TPSA) is 50.1 Å². The Morgan fingerprint density at radius 2 is 1.67 bits per heavy atom. The van der Waals surface area contributed by atoms with Crippen LogP contribution in [0.5, 0.6) is 0 Å². The number of fused-ring (bicyclic) bond motifs is 3. The molecule has 0 aliphatic heterocycles. The number of nitrogens with zero attached hydrogens (tertiary/aromatic N) is 1. The van der Waals surface area contributed by atoms with E-state index in [0.29, 0.717) is 23.4 Å². The van der Waals surface area contributed by atoms with Gasteiger partial charge in [-0.2, -0.15) is 5.26 Å². The van der Waals surface area contributed by atoms with E-state index in [1.54, 1.807) is 0 Å². The fraction of sp³-hybridized carbons (Fsp3) is 0.917. The molecule has 0 heterocycles. The van der Waals surface area contributed by atoms with Crippen molar-refractivity contribution in [2.24, 2.45) is 28.6 Å². The maximum atomic E-state index is 12.1. The highest BCUT2D eigenvalue weighted by Crippen LogP contribution is 2.62. The van der Waals surface area contributed by atoms with Gasteiger partial charge in [0.25, 0.3) is 0 Å². The van der Waals surface area contributed by atoms with Gasteiger partial charge in [0.15, 0.2) is 0 Å². The molecule has 4 saturated carbocycles. The van der Waals surface area contributed by atoms with Crippen LogP contribution in [0, 0.1) is 39.9 Å². The summed E-state index contributed by atoms with van der Waals surface area (Å²) in [6.45, 7) is 4.91. The molecule has 0 N–H and O–H groups in total. The highest BCUT2D eigenvalue weighted by Gasteiger charge is 2.51. The van der Waals surface area contributed by atoms with Crippen LogP contribution < -0.4 is 0 Å². The summed E-state index contributed by atoms with van der Waals surface area (Å²) in [7, 11) is 0. The van der Waals surface area contributed by atoms with Gasteiger partial charge in [0.2, 0.25) is 0 Å². The minimum absolute atomic E-state index is 0.0116. The molecule has 4 aliphatic rings. The molecule has 152 valence electrons. The number of rotatable bonds is 8. The molecule has 3 nitrogen and oxygen atoms in total. The largest absolute Gasteiger partial charge is 0.465 e. The third-order valence-corrected chi connectivity index (χ3v) is 8.33. The summed E-state index contributed by atoms with van der Waals surface area (Å²) < 4.78 is 5.34. The summed E-state index contributed by atoms with van der Waals surface area (Å²) in [6.07, 6.45) is 16.7. The lowest BCUT2D eigenvalue weighted by molar-refractivity contribution is -0.150. The Bertz CT molecular complexity index is 517. The minimum atomic E-state index is 0.0116. The van der Waals surface area contributed by atoms with E-state index >= 15 is 0 Å². The van der Waals surface area contributed by atoms with Crippen molar-refractivity contribution >= 4 is 5.97 Å². The van der Waals surface area contributed by atoms with Gasteiger partial charge in [-0.3, -0.25) is 4.79 Å². The zero-order valence-corrected chi connectivity index (χ0v) is 17.6. The molecular weight excluding hydrogens is 334 g/mol. The Balaban J connectivity index is 1.51. The molecule has 0 aromatic carbocycles. The molecule has 1 atom stereocenters. The minimum Gasteiger partial charge on any atom is -0.465 e. The lowest BCUT2D eigenvalue weighted by atomic mass is 9.48. The van der Waals surface area contributed by atoms with Gasteiger partial charge in [-0.05, 0) is 100 Å². The molecule has 4 aliphatic carbocycles. The third-order valence-electron chi connectivity index (χ3n) is 8.33. The van der Waals surface area contributed by atoms with E-state index in [1.807, 2.05) is 6.92 Å². The maximum absolute atomic E-state index is 12.1. The number of nitriles is 1. The van der Waals surface area contributed by atoms with E-state index in [1.165, 1.54) is 51.4 Å².